The molecule has 2 rings (SSSR count). The van der Waals surface area contributed by atoms with E-state index in [9.17, 15) is 28.8 Å². The Hall–Kier alpha value is -3.96. The third-order valence-corrected chi connectivity index (χ3v) is 8.61. The number of aliphatic imine (C=N–C) groups is 1. The molecule has 12 N–H and O–H groups in total. The van der Waals surface area contributed by atoms with Gasteiger partial charge in [-0.2, -0.15) is 0 Å². The molecule has 15 nitrogen and oxygen atoms in total. The molecule has 1 saturated carbocycles. The maximum absolute atomic E-state index is 13.7. The van der Waals surface area contributed by atoms with E-state index in [0.717, 1.165) is 41.2 Å². The first-order valence-electron chi connectivity index (χ1n) is 15.8. The fourth-order valence-corrected chi connectivity index (χ4v) is 5.82. The lowest BCUT2D eigenvalue weighted by Crippen LogP contribution is -2.58. The largest absolute Gasteiger partial charge is 0.370 e. The first-order valence-corrected chi connectivity index (χ1v) is 16.9. The molecule has 0 aliphatic heterocycles. The highest BCUT2D eigenvalue weighted by atomic mass is 127. The third kappa shape index (κ3) is 15.5. The molecule has 0 heterocycles. The van der Waals surface area contributed by atoms with Gasteiger partial charge in [-0.3, -0.25) is 33.8 Å². The number of nitrogens with one attached hydrogen (secondary N) is 4. The van der Waals surface area contributed by atoms with Gasteiger partial charge in [0.2, 0.25) is 35.4 Å². The highest BCUT2D eigenvalue weighted by Crippen LogP contribution is 2.27. The van der Waals surface area contributed by atoms with Crippen molar-refractivity contribution in [3.8, 4) is 0 Å². The third-order valence-electron chi connectivity index (χ3n) is 7.89. The van der Waals surface area contributed by atoms with Crippen molar-refractivity contribution in [2.75, 3.05) is 6.54 Å². The predicted octanol–water partition coefficient (Wildman–Crippen LogP) is -0.432. The van der Waals surface area contributed by atoms with E-state index in [2.05, 4.69) is 48.9 Å². The zero-order valence-corrected chi connectivity index (χ0v) is 28.9. The first kappa shape index (κ1) is 39.2. The van der Waals surface area contributed by atoms with Gasteiger partial charge >= 0.3 is 0 Å². The highest BCUT2D eigenvalue weighted by molar-refractivity contribution is 14.1. The lowest BCUT2D eigenvalue weighted by Gasteiger charge is -2.28. The molecule has 4 atom stereocenters. The number of rotatable bonds is 19. The molecule has 0 radical (unpaired) electrons. The summed E-state index contributed by atoms with van der Waals surface area (Å²) in [4.78, 5) is 80.4. The highest BCUT2D eigenvalue weighted by Gasteiger charge is 2.32. The summed E-state index contributed by atoms with van der Waals surface area (Å²) < 4.78 is 0.971. The number of amides is 6. The molecule has 1 aromatic carbocycles. The second-order valence-corrected chi connectivity index (χ2v) is 13.1. The van der Waals surface area contributed by atoms with Crippen molar-refractivity contribution in [3.63, 3.8) is 0 Å². The minimum Gasteiger partial charge on any atom is -0.370 e. The van der Waals surface area contributed by atoms with E-state index in [1.54, 1.807) is 0 Å². The summed E-state index contributed by atoms with van der Waals surface area (Å²) in [6.07, 6.45) is 5.66. The zero-order valence-electron chi connectivity index (χ0n) is 26.8. The standard InChI is InChI=1S/C31H48IN9O6/c1-18(42)38-22(8-5-15-37-31(35)36)28(45)39-23(13-14-26(33)43)29(46)41-25(17-20-9-11-21(32)12-10-20)30(47)40-24(27(34)44)16-19-6-3-2-4-7-19/h9-12,19,22-25H,2-8,13-17H2,1H3,(H2,33,43)(H2,34,44)(H,38,42)(H,39,45)(H,40,47)(H,41,46)(H4,35,36,37)/t22-,23-,24-,25+/m0/s1. The number of primary amides is 2. The van der Waals surface area contributed by atoms with E-state index in [-0.39, 0.29) is 44.1 Å². The van der Waals surface area contributed by atoms with Crippen LogP contribution in [0.15, 0.2) is 29.3 Å². The van der Waals surface area contributed by atoms with Crippen LogP contribution in [0.1, 0.15) is 76.7 Å². The van der Waals surface area contributed by atoms with Crippen LogP contribution in [0.4, 0.5) is 0 Å². The van der Waals surface area contributed by atoms with Crippen LogP contribution in [0.2, 0.25) is 0 Å². The maximum Gasteiger partial charge on any atom is 0.243 e. The Balaban J connectivity index is 2.28. The monoisotopic (exact) mass is 769 g/mol. The van der Waals surface area contributed by atoms with E-state index in [0.29, 0.717) is 12.8 Å². The normalized spacial score (nSPS) is 15.6. The van der Waals surface area contributed by atoms with Gasteiger partial charge in [-0.1, -0.05) is 44.2 Å². The van der Waals surface area contributed by atoms with Gasteiger partial charge in [-0.05, 0) is 71.9 Å². The van der Waals surface area contributed by atoms with Gasteiger partial charge in [0.25, 0.3) is 0 Å². The Bertz CT molecular complexity index is 1270. The summed E-state index contributed by atoms with van der Waals surface area (Å²) in [5, 5.41) is 10.6. The molecule has 1 fully saturated rings. The molecular formula is C31H48IN9O6. The van der Waals surface area contributed by atoms with E-state index < -0.39 is 59.6 Å². The quantitative estimate of drug-likeness (QED) is 0.0395. The number of benzene rings is 1. The Kier molecular flexibility index (Phi) is 17.0. The fourth-order valence-electron chi connectivity index (χ4n) is 5.46. The van der Waals surface area contributed by atoms with Gasteiger partial charge in [0, 0.05) is 29.9 Å². The second-order valence-electron chi connectivity index (χ2n) is 11.9. The number of nitrogens with zero attached hydrogens (tertiary/aromatic N) is 1. The van der Waals surface area contributed by atoms with Crippen molar-refractivity contribution in [2.45, 2.75) is 102 Å². The Morgan fingerprint density at radius 1 is 0.787 bits per heavy atom. The van der Waals surface area contributed by atoms with Crippen molar-refractivity contribution in [2.24, 2.45) is 33.8 Å². The molecule has 0 unspecified atom stereocenters. The SMILES string of the molecule is CC(=O)N[C@@H](CCCN=C(N)N)C(=O)N[C@@H](CCC(N)=O)C(=O)N[C@H](Cc1ccc(I)cc1)C(=O)N[C@@H](CC1CCCCC1)C(N)=O. The molecule has 1 aliphatic carbocycles. The number of hydrogen-bond donors (Lipinski definition) is 8. The zero-order chi connectivity index (χ0) is 34.9. The molecule has 16 heteroatoms. The maximum atomic E-state index is 13.7. The summed E-state index contributed by atoms with van der Waals surface area (Å²) in [5.41, 5.74) is 22.5. The number of nitrogens with two attached hydrogens (primary N) is 4. The van der Waals surface area contributed by atoms with Gasteiger partial charge in [-0.15, -0.1) is 0 Å². The first-order chi connectivity index (χ1) is 22.2. The van der Waals surface area contributed by atoms with Crippen LogP contribution in [-0.4, -0.2) is 72.1 Å². The van der Waals surface area contributed by atoms with Gasteiger partial charge in [0.1, 0.15) is 24.2 Å². The summed E-state index contributed by atoms with van der Waals surface area (Å²) >= 11 is 2.15. The Labute approximate surface area is 288 Å². The minimum atomic E-state index is -1.29. The van der Waals surface area contributed by atoms with Gasteiger partial charge < -0.3 is 44.2 Å². The molecule has 0 spiro atoms. The predicted molar refractivity (Wildman–Crippen MR) is 185 cm³/mol. The fraction of sp³-hybridized carbons (Fsp3) is 0.581. The van der Waals surface area contributed by atoms with Gasteiger partial charge in [-0.25, -0.2) is 0 Å². The Morgan fingerprint density at radius 2 is 1.34 bits per heavy atom. The van der Waals surface area contributed by atoms with E-state index in [1.165, 1.54) is 6.92 Å². The molecule has 260 valence electrons. The second kappa shape index (κ2) is 20.3. The summed E-state index contributed by atoms with van der Waals surface area (Å²) in [7, 11) is 0. The van der Waals surface area contributed by atoms with E-state index in [1.807, 2.05) is 24.3 Å². The van der Waals surface area contributed by atoms with E-state index in [4.69, 9.17) is 22.9 Å². The van der Waals surface area contributed by atoms with Crippen LogP contribution in [0, 0.1) is 9.49 Å². The van der Waals surface area contributed by atoms with E-state index >= 15 is 0 Å². The smallest absolute Gasteiger partial charge is 0.243 e. The number of hydrogen-bond acceptors (Lipinski definition) is 7. The molecule has 47 heavy (non-hydrogen) atoms. The lowest BCUT2D eigenvalue weighted by molar-refractivity contribution is -0.134. The number of carbonyl (C=O) groups excluding carboxylic acids is 6. The number of guanidine groups is 1. The molecule has 0 saturated heterocycles. The number of carbonyl (C=O) groups is 6. The molecule has 1 aromatic rings. The molecular weight excluding hydrogens is 721 g/mol. The summed E-state index contributed by atoms with van der Waals surface area (Å²) in [6, 6.07) is 2.93. The van der Waals surface area contributed by atoms with Crippen LogP contribution < -0.4 is 44.2 Å². The molecule has 6 amide bonds. The van der Waals surface area contributed by atoms with Crippen molar-refractivity contribution >= 4 is 64.0 Å². The van der Waals surface area contributed by atoms with Crippen LogP contribution >= 0.6 is 22.6 Å². The number of halogens is 1. The average molecular weight is 770 g/mol. The van der Waals surface area contributed by atoms with Crippen LogP contribution in [0.25, 0.3) is 0 Å². The average Bonchev–Trinajstić information content (AvgIpc) is 3.00. The minimum absolute atomic E-state index is 0.0686. The topological polar surface area (TPSA) is 267 Å². The molecule has 1 aliphatic rings. The van der Waals surface area contributed by atoms with Crippen molar-refractivity contribution in [1.29, 1.82) is 0 Å². The van der Waals surface area contributed by atoms with Crippen LogP contribution in [0.5, 0.6) is 0 Å². The summed E-state index contributed by atoms with van der Waals surface area (Å²) in [5.74, 6) is -3.77. The van der Waals surface area contributed by atoms with Crippen LogP contribution in [-0.2, 0) is 35.2 Å². The summed E-state index contributed by atoms with van der Waals surface area (Å²) in [6.45, 7) is 1.45. The molecule has 0 aromatic heterocycles. The van der Waals surface area contributed by atoms with Crippen molar-refractivity contribution in [3.05, 3.63) is 33.4 Å². The Morgan fingerprint density at radius 3 is 1.89 bits per heavy atom. The van der Waals surface area contributed by atoms with Crippen molar-refractivity contribution in [1.82, 2.24) is 21.3 Å². The lowest BCUT2D eigenvalue weighted by atomic mass is 9.84. The molecule has 0 bridgehead atoms. The van der Waals surface area contributed by atoms with Gasteiger partial charge in [0.05, 0.1) is 0 Å². The van der Waals surface area contributed by atoms with Gasteiger partial charge in [0.15, 0.2) is 5.96 Å². The van der Waals surface area contributed by atoms with Crippen LogP contribution in [0.3, 0.4) is 0 Å². The van der Waals surface area contributed by atoms with Crippen molar-refractivity contribution < 1.29 is 28.8 Å².